The lowest BCUT2D eigenvalue weighted by molar-refractivity contribution is 0.564. The molecule has 0 aliphatic heterocycles. The first-order chi connectivity index (χ1) is 8.97. The molecule has 2 rings (SSSR count). The molecular weight excluding hydrogens is 268 g/mol. The van der Waals surface area contributed by atoms with Crippen LogP contribution in [0.3, 0.4) is 0 Å². The van der Waals surface area contributed by atoms with E-state index in [9.17, 15) is 8.78 Å². The number of rotatable bonds is 3. The predicted molar refractivity (Wildman–Crippen MR) is 72.4 cm³/mol. The zero-order valence-electron chi connectivity index (χ0n) is 10.8. The maximum absolute atomic E-state index is 13.7. The molecule has 2 aromatic rings. The van der Waals surface area contributed by atoms with Crippen molar-refractivity contribution in [3.63, 3.8) is 0 Å². The summed E-state index contributed by atoms with van der Waals surface area (Å²) in [6.07, 6.45) is 2.15. The Morgan fingerprint density at radius 1 is 1.16 bits per heavy atom. The van der Waals surface area contributed by atoms with Gasteiger partial charge in [0.25, 0.3) is 0 Å². The van der Waals surface area contributed by atoms with Gasteiger partial charge in [-0.25, -0.2) is 8.78 Å². The van der Waals surface area contributed by atoms with E-state index in [2.05, 4.69) is 4.98 Å². The number of alkyl halides is 1. The smallest absolute Gasteiger partial charge is 0.130 e. The number of nitrogens with zero attached hydrogens (tertiary/aromatic N) is 1. The molecule has 0 amide bonds. The zero-order chi connectivity index (χ0) is 14.0. The van der Waals surface area contributed by atoms with Gasteiger partial charge >= 0.3 is 0 Å². The van der Waals surface area contributed by atoms with Crippen LogP contribution in [0.25, 0.3) is 0 Å². The van der Waals surface area contributed by atoms with E-state index in [1.807, 2.05) is 19.1 Å². The van der Waals surface area contributed by atoms with Crippen molar-refractivity contribution in [3.05, 3.63) is 64.5 Å². The monoisotopic (exact) mass is 281 g/mol. The minimum absolute atomic E-state index is 0.308. The van der Waals surface area contributed by atoms with Crippen LogP contribution in [0, 0.1) is 25.5 Å². The summed E-state index contributed by atoms with van der Waals surface area (Å²) in [6.45, 7) is 3.53. The van der Waals surface area contributed by atoms with Gasteiger partial charge in [-0.3, -0.25) is 4.98 Å². The second-order valence-electron chi connectivity index (χ2n) is 4.62. The number of pyridine rings is 1. The fourth-order valence-corrected chi connectivity index (χ4v) is 2.16. The maximum atomic E-state index is 13.7. The molecule has 0 N–H and O–H groups in total. The lowest BCUT2D eigenvalue weighted by atomic mass is 10.0. The number of halogens is 3. The molecular formula is C15H14ClF2N. The number of hydrogen-bond acceptors (Lipinski definition) is 1. The largest absolute Gasteiger partial charge is 0.261 e. The van der Waals surface area contributed by atoms with E-state index in [0.29, 0.717) is 17.5 Å². The van der Waals surface area contributed by atoms with E-state index in [1.54, 1.807) is 13.1 Å². The molecule has 1 heterocycles. The number of aromatic nitrogens is 1. The van der Waals surface area contributed by atoms with Gasteiger partial charge in [0.15, 0.2) is 0 Å². The highest BCUT2D eigenvalue weighted by atomic mass is 35.5. The van der Waals surface area contributed by atoms with E-state index in [4.69, 9.17) is 11.6 Å². The van der Waals surface area contributed by atoms with Crippen LogP contribution in [0.15, 0.2) is 30.5 Å². The van der Waals surface area contributed by atoms with E-state index in [0.717, 1.165) is 17.3 Å². The van der Waals surface area contributed by atoms with Crippen molar-refractivity contribution < 1.29 is 8.78 Å². The van der Waals surface area contributed by atoms with Gasteiger partial charge in [-0.15, -0.1) is 11.6 Å². The van der Waals surface area contributed by atoms with Crippen molar-refractivity contribution in [2.24, 2.45) is 0 Å². The fraction of sp³-hybridized carbons (Fsp3) is 0.267. The molecule has 19 heavy (non-hydrogen) atoms. The molecule has 4 heteroatoms. The van der Waals surface area contributed by atoms with Crippen LogP contribution in [0.4, 0.5) is 8.78 Å². The van der Waals surface area contributed by atoms with Crippen LogP contribution in [0.1, 0.15) is 27.8 Å². The number of aryl methyl sites for hydroxylation is 2. The summed E-state index contributed by atoms with van der Waals surface area (Å²) in [4.78, 5) is 4.23. The van der Waals surface area contributed by atoms with Crippen LogP contribution in [-0.4, -0.2) is 4.98 Å². The van der Waals surface area contributed by atoms with Crippen molar-refractivity contribution in [2.45, 2.75) is 25.6 Å². The van der Waals surface area contributed by atoms with Gasteiger partial charge in [-0.05, 0) is 37.1 Å². The van der Waals surface area contributed by atoms with Gasteiger partial charge < -0.3 is 0 Å². The van der Waals surface area contributed by atoms with Crippen LogP contribution in [0.5, 0.6) is 0 Å². The van der Waals surface area contributed by atoms with Gasteiger partial charge in [-0.1, -0.05) is 6.07 Å². The molecule has 1 atom stereocenters. The van der Waals surface area contributed by atoms with Crippen molar-refractivity contribution >= 4 is 11.6 Å². The van der Waals surface area contributed by atoms with Crippen LogP contribution < -0.4 is 0 Å². The molecule has 0 aliphatic rings. The highest BCUT2D eigenvalue weighted by Gasteiger charge is 2.16. The third kappa shape index (κ3) is 3.29. The molecule has 0 saturated carbocycles. The molecule has 1 nitrogen and oxygen atoms in total. The van der Waals surface area contributed by atoms with Gasteiger partial charge in [0, 0.05) is 29.9 Å². The summed E-state index contributed by atoms with van der Waals surface area (Å²) in [5.74, 6) is -1.17. The first kappa shape index (κ1) is 13.9. The maximum Gasteiger partial charge on any atom is 0.130 e. The van der Waals surface area contributed by atoms with Crippen molar-refractivity contribution in [1.29, 1.82) is 0 Å². The first-order valence-corrected chi connectivity index (χ1v) is 6.42. The highest BCUT2D eigenvalue weighted by molar-refractivity contribution is 6.20. The van der Waals surface area contributed by atoms with Crippen molar-refractivity contribution in [1.82, 2.24) is 4.98 Å². The minimum atomic E-state index is -0.616. The van der Waals surface area contributed by atoms with Crippen molar-refractivity contribution in [3.8, 4) is 0 Å². The van der Waals surface area contributed by atoms with Gasteiger partial charge in [0.05, 0.1) is 5.38 Å². The molecule has 0 spiro atoms. The third-order valence-electron chi connectivity index (χ3n) is 2.98. The quantitative estimate of drug-likeness (QED) is 0.755. The Morgan fingerprint density at radius 2 is 1.89 bits per heavy atom. The summed E-state index contributed by atoms with van der Waals surface area (Å²) in [6, 6.07) is 6.12. The molecule has 1 aromatic heterocycles. The van der Waals surface area contributed by atoms with E-state index in [-0.39, 0.29) is 0 Å². The van der Waals surface area contributed by atoms with E-state index < -0.39 is 17.0 Å². The summed E-state index contributed by atoms with van der Waals surface area (Å²) in [5, 5.41) is -0.561. The molecule has 1 aromatic carbocycles. The van der Waals surface area contributed by atoms with Crippen LogP contribution >= 0.6 is 11.6 Å². The SMILES string of the molecule is Cc1ccc(CC(Cl)c2cc(C)c(F)cc2F)nc1. The molecule has 100 valence electrons. The second kappa shape index (κ2) is 5.66. The lowest BCUT2D eigenvalue weighted by Gasteiger charge is -2.12. The Balaban J connectivity index is 2.22. The average molecular weight is 282 g/mol. The fourth-order valence-electron chi connectivity index (χ4n) is 1.83. The minimum Gasteiger partial charge on any atom is -0.261 e. The Labute approximate surface area is 116 Å². The van der Waals surface area contributed by atoms with Crippen molar-refractivity contribution in [2.75, 3.05) is 0 Å². The Bertz CT molecular complexity index is 581. The Kier molecular flexibility index (Phi) is 4.15. The van der Waals surface area contributed by atoms with E-state index >= 15 is 0 Å². The highest BCUT2D eigenvalue weighted by Crippen LogP contribution is 2.28. The summed E-state index contributed by atoms with van der Waals surface area (Å²) in [7, 11) is 0. The first-order valence-electron chi connectivity index (χ1n) is 5.98. The molecule has 0 fully saturated rings. The van der Waals surface area contributed by atoms with Crippen LogP contribution in [0.2, 0.25) is 0 Å². The molecule has 0 saturated heterocycles. The average Bonchev–Trinajstić information content (AvgIpc) is 2.36. The molecule has 0 aliphatic carbocycles. The normalized spacial score (nSPS) is 12.5. The topological polar surface area (TPSA) is 12.9 Å². The second-order valence-corrected chi connectivity index (χ2v) is 5.15. The summed E-state index contributed by atoms with van der Waals surface area (Å²) >= 11 is 6.21. The third-order valence-corrected chi connectivity index (χ3v) is 3.37. The summed E-state index contributed by atoms with van der Waals surface area (Å²) < 4.78 is 26.9. The Hall–Kier alpha value is -1.48. The number of benzene rings is 1. The van der Waals surface area contributed by atoms with Gasteiger partial charge in [0.2, 0.25) is 0 Å². The van der Waals surface area contributed by atoms with Gasteiger partial charge in [0.1, 0.15) is 11.6 Å². The predicted octanol–water partition coefficient (Wildman–Crippen LogP) is 4.50. The Morgan fingerprint density at radius 3 is 2.53 bits per heavy atom. The molecule has 0 radical (unpaired) electrons. The standard InChI is InChI=1S/C15H14ClF2N/c1-9-3-4-11(19-8-9)6-13(16)12-5-10(2)14(17)7-15(12)18/h3-5,7-8,13H,6H2,1-2H3. The van der Waals surface area contributed by atoms with Crippen LogP contribution in [-0.2, 0) is 6.42 Å². The van der Waals surface area contributed by atoms with Gasteiger partial charge in [-0.2, -0.15) is 0 Å². The molecule has 1 unspecified atom stereocenters. The zero-order valence-corrected chi connectivity index (χ0v) is 11.5. The summed E-state index contributed by atoms with van der Waals surface area (Å²) in [5.41, 5.74) is 2.53. The molecule has 0 bridgehead atoms. The lowest BCUT2D eigenvalue weighted by Crippen LogP contribution is -2.02. The number of hydrogen-bond donors (Lipinski definition) is 0. The van der Waals surface area contributed by atoms with E-state index in [1.165, 1.54) is 6.07 Å².